The van der Waals surface area contributed by atoms with Crippen LogP contribution in [-0.4, -0.2) is 29.6 Å². The highest BCUT2D eigenvalue weighted by Gasteiger charge is 2.38. The SMILES string of the molecule is COC(=O)CCC(N)C1CCSC1(C)C. The van der Waals surface area contributed by atoms with Crippen LogP contribution in [0.25, 0.3) is 0 Å². The predicted octanol–water partition coefficient (Wildman–Crippen LogP) is 1.80. The maximum atomic E-state index is 11.0. The minimum Gasteiger partial charge on any atom is -0.469 e. The van der Waals surface area contributed by atoms with Gasteiger partial charge < -0.3 is 10.5 Å². The summed E-state index contributed by atoms with van der Waals surface area (Å²) in [5.41, 5.74) is 6.14. The first kappa shape index (κ1) is 12.8. The second kappa shape index (κ2) is 5.21. The molecule has 0 amide bonds. The van der Waals surface area contributed by atoms with E-state index in [4.69, 9.17) is 5.73 Å². The summed E-state index contributed by atoms with van der Waals surface area (Å²) in [4.78, 5) is 11.0. The third-order valence-corrected chi connectivity index (χ3v) is 4.71. The molecule has 1 aliphatic heterocycles. The van der Waals surface area contributed by atoms with Gasteiger partial charge in [0.15, 0.2) is 0 Å². The lowest BCUT2D eigenvalue weighted by Crippen LogP contribution is -2.39. The molecule has 0 bridgehead atoms. The van der Waals surface area contributed by atoms with Gasteiger partial charge in [-0.2, -0.15) is 11.8 Å². The summed E-state index contributed by atoms with van der Waals surface area (Å²) in [5, 5.41) is 0. The van der Waals surface area contributed by atoms with Crippen molar-refractivity contribution in [1.82, 2.24) is 0 Å². The standard InChI is InChI=1S/C11H21NO2S/c1-11(2)8(6-7-15-11)9(12)4-5-10(13)14-3/h8-9H,4-7,12H2,1-3H3. The van der Waals surface area contributed by atoms with E-state index in [1.165, 1.54) is 19.3 Å². The zero-order valence-electron chi connectivity index (χ0n) is 9.79. The van der Waals surface area contributed by atoms with Gasteiger partial charge in [-0.05, 0) is 24.5 Å². The zero-order valence-corrected chi connectivity index (χ0v) is 10.6. The Morgan fingerprint density at radius 2 is 2.33 bits per heavy atom. The molecule has 2 atom stereocenters. The predicted molar refractivity (Wildman–Crippen MR) is 63.9 cm³/mol. The minimum atomic E-state index is -0.158. The molecule has 88 valence electrons. The van der Waals surface area contributed by atoms with Crippen LogP contribution in [0.2, 0.25) is 0 Å². The summed E-state index contributed by atoms with van der Waals surface area (Å²) in [5.74, 6) is 1.55. The van der Waals surface area contributed by atoms with Crippen LogP contribution in [0.15, 0.2) is 0 Å². The van der Waals surface area contributed by atoms with Crippen LogP contribution in [0.1, 0.15) is 33.1 Å². The molecule has 0 aromatic rings. The maximum Gasteiger partial charge on any atom is 0.305 e. The fourth-order valence-electron chi connectivity index (χ4n) is 2.22. The molecule has 0 aromatic carbocycles. The number of nitrogens with two attached hydrogens (primary N) is 1. The van der Waals surface area contributed by atoms with E-state index in [1.807, 2.05) is 11.8 Å². The van der Waals surface area contributed by atoms with E-state index in [1.54, 1.807) is 0 Å². The summed E-state index contributed by atoms with van der Waals surface area (Å²) < 4.78 is 4.87. The number of esters is 1. The summed E-state index contributed by atoms with van der Waals surface area (Å²) in [7, 11) is 1.42. The quantitative estimate of drug-likeness (QED) is 0.750. The number of thioether (sulfide) groups is 1. The summed E-state index contributed by atoms with van der Waals surface area (Å²) in [6.45, 7) is 4.49. The largest absolute Gasteiger partial charge is 0.469 e. The molecule has 0 saturated carbocycles. The molecule has 1 heterocycles. The lowest BCUT2D eigenvalue weighted by Gasteiger charge is -2.30. The van der Waals surface area contributed by atoms with E-state index in [9.17, 15) is 4.79 Å². The Balaban J connectivity index is 2.40. The normalized spacial score (nSPS) is 26.3. The van der Waals surface area contributed by atoms with Crippen molar-refractivity contribution in [2.24, 2.45) is 11.7 Å². The van der Waals surface area contributed by atoms with E-state index in [2.05, 4.69) is 18.6 Å². The Morgan fingerprint density at radius 3 is 2.80 bits per heavy atom. The lowest BCUT2D eigenvalue weighted by atomic mass is 9.84. The number of rotatable bonds is 4. The third kappa shape index (κ3) is 3.38. The number of carbonyl (C=O) groups is 1. The molecule has 0 aliphatic carbocycles. The first-order valence-corrected chi connectivity index (χ1v) is 6.42. The van der Waals surface area contributed by atoms with E-state index < -0.39 is 0 Å². The van der Waals surface area contributed by atoms with Crippen LogP contribution in [0, 0.1) is 5.92 Å². The average molecular weight is 231 g/mol. The number of methoxy groups -OCH3 is 1. The van der Waals surface area contributed by atoms with Crippen LogP contribution >= 0.6 is 11.8 Å². The molecule has 1 saturated heterocycles. The molecular formula is C11H21NO2S. The molecule has 1 rings (SSSR count). The van der Waals surface area contributed by atoms with E-state index in [0.29, 0.717) is 12.3 Å². The van der Waals surface area contributed by atoms with Crippen LogP contribution < -0.4 is 5.73 Å². The minimum absolute atomic E-state index is 0.120. The Bertz CT molecular complexity index is 231. The highest BCUT2D eigenvalue weighted by atomic mass is 32.2. The van der Waals surface area contributed by atoms with Gasteiger partial charge in [-0.15, -0.1) is 0 Å². The fourth-order valence-corrected chi connectivity index (χ4v) is 3.63. The van der Waals surface area contributed by atoms with Gasteiger partial charge in [-0.25, -0.2) is 0 Å². The molecule has 1 fully saturated rings. The summed E-state index contributed by atoms with van der Waals surface area (Å²) >= 11 is 1.98. The first-order chi connectivity index (χ1) is 6.97. The van der Waals surface area contributed by atoms with Crippen LogP contribution in [0.4, 0.5) is 0 Å². The molecule has 0 spiro atoms. The van der Waals surface area contributed by atoms with Crippen molar-refractivity contribution in [3.05, 3.63) is 0 Å². The van der Waals surface area contributed by atoms with E-state index >= 15 is 0 Å². The van der Waals surface area contributed by atoms with Gasteiger partial charge in [-0.1, -0.05) is 13.8 Å². The highest BCUT2D eigenvalue weighted by Crippen LogP contribution is 2.44. The van der Waals surface area contributed by atoms with Crippen molar-refractivity contribution in [3.63, 3.8) is 0 Å². The summed E-state index contributed by atoms with van der Waals surface area (Å²) in [6.07, 6.45) is 2.34. The second-order valence-electron chi connectivity index (χ2n) is 4.63. The lowest BCUT2D eigenvalue weighted by molar-refractivity contribution is -0.140. The first-order valence-electron chi connectivity index (χ1n) is 5.43. The number of carbonyl (C=O) groups excluding carboxylic acids is 1. The smallest absolute Gasteiger partial charge is 0.305 e. The Morgan fingerprint density at radius 1 is 1.67 bits per heavy atom. The molecule has 0 aromatic heterocycles. The van der Waals surface area contributed by atoms with Crippen LogP contribution in [-0.2, 0) is 9.53 Å². The number of hydrogen-bond acceptors (Lipinski definition) is 4. The molecule has 1 aliphatic rings. The molecule has 0 radical (unpaired) electrons. The zero-order chi connectivity index (χ0) is 11.5. The van der Waals surface area contributed by atoms with Crippen LogP contribution in [0.5, 0.6) is 0 Å². The topological polar surface area (TPSA) is 52.3 Å². The van der Waals surface area contributed by atoms with Crippen molar-refractivity contribution in [3.8, 4) is 0 Å². The second-order valence-corrected chi connectivity index (χ2v) is 6.37. The Hall–Kier alpha value is -0.220. The monoisotopic (exact) mass is 231 g/mol. The molecule has 15 heavy (non-hydrogen) atoms. The van der Waals surface area contributed by atoms with Gasteiger partial charge in [0, 0.05) is 17.2 Å². The molecular weight excluding hydrogens is 210 g/mol. The Labute approximate surface area is 96.1 Å². The van der Waals surface area contributed by atoms with Gasteiger partial charge in [-0.3, -0.25) is 4.79 Å². The number of hydrogen-bond donors (Lipinski definition) is 1. The van der Waals surface area contributed by atoms with Crippen LogP contribution in [0.3, 0.4) is 0 Å². The maximum absolute atomic E-state index is 11.0. The van der Waals surface area contributed by atoms with Crippen molar-refractivity contribution in [1.29, 1.82) is 0 Å². The van der Waals surface area contributed by atoms with Crippen molar-refractivity contribution in [2.75, 3.05) is 12.9 Å². The van der Waals surface area contributed by atoms with Gasteiger partial charge in [0.05, 0.1) is 7.11 Å². The molecule has 3 nitrogen and oxygen atoms in total. The van der Waals surface area contributed by atoms with Crippen molar-refractivity contribution < 1.29 is 9.53 Å². The molecule has 4 heteroatoms. The van der Waals surface area contributed by atoms with E-state index in [-0.39, 0.29) is 16.8 Å². The van der Waals surface area contributed by atoms with Crippen molar-refractivity contribution >= 4 is 17.7 Å². The van der Waals surface area contributed by atoms with Gasteiger partial charge in [0.2, 0.25) is 0 Å². The summed E-state index contributed by atoms with van der Waals surface area (Å²) in [6, 6.07) is 0.120. The van der Waals surface area contributed by atoms with Gasteiger partial charge in [0.1, 0.15) is 0 Å². The Kier molecular flexibility index (Phi) is 4.46. The fraction of sp³-hybridized carbons (Fsp3) is 0.909. The third-order valence-electron chi connectivity index (χ3n) is 3.22. The van der Waals surface area contributed by atoms with Gasteiger partial charge >= 0.3 is 5.97 Å². The molecule has 2 unspecified atom stereocenters. The number of ether oxygens (including phenoxy) is 1. The van der Waals surface area contributed by atoms with Crippen molar-refractivity contribution in [2.45, 2.75) is 43.9 Å². The average Bonchev–Trinajstić information content (AvgIpc) is 2.53. The molecule has 2 N–H and O–H groups in total. The highest BCUT2D eigenvalue weighted by molar-refractivity contribution is 8.00. The van der Waals surface area contributed by atoms with E-state index in [0.717, 1.165) is 6.42 Å². The van der Waals surface area contributed by atoms with Gasteiger partial charge in [0.25, 0.3) is 0 Å².